The Kier molecular flexibility index (Phi) is 4.51. The lowest BCUT2D eigenvalue weighted by Crippen LogP contribution is -2.53. The highest BCUT2D eigenvalue weighted by atomic mass is 16.5. The summed E-state index contributed by atoms with van der Waals surface area (Å²) in [6.45, 7) is 2.13. The van der Waals surface area contributed by atoms with Gasteiger partial charge in [0.1, 0.15) is 6.04 Å². The summed E-state index contributed by atoms with van der Waals surface area (Å²) in [5.74, 6) is -0.434. The Morgan fingerprint density at radius 3 is 2.93 bits per heavy atom. The third-order valence-electron chi connectivity index (χ3n) is 2.43. The van der Waals surface area contributed by atoms with Crippen molar-refractivity contribution >= 4 is 11.8 Å². The Balaban J connectivity index is 2.49. The summed E-state index contributed by atoms with van der Waals surface area (Å²) in [5, 5.41) is 2.58. The molecule has 6 nitrogen and oxygen atoms in total. The topological polar surface area (TPSA) is 84.7 Å². The summed E-state index contributed by atoms with van der Waals surface area (Å²) in [7, 11) is 1.59. The molecule has 15 heavy (non-hydrogen) atoms. The van der Waals surface area contributed by atoms with Gasteiger partial charge < -0.3 is 15.8 Å². The number of morpholine rings is 1. The molecular formula is C9H17N3O3. The van der Waals surface area contributed by atoms with Gasteiger partial charge in [0.2, 0.25) is 11.8 Å². The van der Waals surface area contributed by atoms with Gasteiger partial charge in [-0.15, -0.1) is 0 Å². The number of carbonyl (C=O) groups is 2. The predicted molar refractivity (Wildman–Crippen MR) is 54.1 cm³/mol. The largest absolute Gasteiger partial charge is 0.378 e. The van der Waals surface area contributed by atoms with Crippen molar-refractivity contribution in [2.75, 3.05) is 33.4 Å². The summed E-state index contributed by atoms with van der Waals surface area (Å²) in [6.07, 6.45) is 0.271. The molecule has 0 aromatic heterocycles. The van der Waals surface area contributed by atoms with Gasteiger partial charge in [-0.3, -0.25) is 14.5 Å². The highest BCUT2D eigenvalue weighted by molar-refractivity contribution is 5.81. The van der Waals surface area contributed by atoms with Crippen LogP contribution in [0.25, 0.3) is 0 Å². The molecule has 1 aliphatic rings. The summed E-state index contributed by atoms with van der Waals surface area (Å²) < 4.78 is 5.22. The smallest absolute Gasteiger partial charge is 0.239 e. The SMILES string of the molecule is CNC(=O)C1COCCN1CCC(N)=O. The van der Waals surface area contributed by atoms with Crippen molar-refractivity contribution in [3.8, 4) is 0 Å². The molecule has 3 N–H and O–H groups in total. The molecule has 0 saturated carbocycles. The van der Waals surface area contributed by atoms with Crippen LogP contribution in [-0.2, 0) is 14.3 Å². The standard InChI is InChI=1S/C9H17N3O3/c1-11-9(14)7-6-15-5-4-12(7)3-2-8(10)13/h7H,2-6H2,1H3,(H2,10,13)(H,11,14). The number of likely N-dealkylation sites (N-methyl/N-ethyl adjacent to an activating group) is 1. The molecule has 1 saturated heterocycles. The first-order valence-corrected chi connectivity index (χ1v) is 4.97. The Morgan fingerprint density at radius 1 is 1.60 bits per heavy atom. The number of nitrogens with two attached hydrogens (primary N) is 1. The maximum absolute atomic E-state index is 11.5. The third-order valence-corrected chi connectivity index (χ3v) is 2.43. The highest BCUT2D eigenvalue weighted by Crippen LogP contribution is 2.07. The van der Waals surface area contributed by atoms with E-state index in [1.54, 1.807) is 7.05 Å². The van der Waals surface area contributed by atoms with Gasteiger partial charge in [0.05, 0.1) is 13.2 Å². The van der Waals surface area contributed by atoms with Crippen molar-refractivity contribution in [3.63, 3.8) is 0 Å². The van der Waals surface area contributed by atoms with Gasteiger partial charge in [0, 0.05) is 26.6 Å². The number of primary amides is 1. The molecule has 0 bridgehead atoms. The molecule has 86 valence electrons. The van der Waals surface area contributed by atoms with E-state index in [4.69, 9.17) is 10.5 Å². The number of hydrogen-bond acceptors (Lipinski definition) is 4. The zero-order valence-electron chi connectivity index (χ0n) is 8.86. The van der Waals surface area contributed by atoms with Gasteiger partial charge in [0.15, 0.2) is 0 Å². The monoisotopic (exact) mass is 215 g/mol. The van der Waals surface area contributed by atoms with E-state index in [9.17, 15) is 9.59 Å². The van der Waals surface area contributed by atoms with E-state index in [1.165, 1.54) is 0 Å². The van der Waals surface area contributed by atoms with E-state index in [0.29, 0.717) is 26.3 Å². The molecule has 0 aromatic carbocycles. The number of amides is 2. The highest BCUT2D eigenvalue weighted by Gasteiger charge is 2.28. The Morgan fingerprint density at radius 2 is 2.33 bits per heavy atom. The number of hydrogen-bond donors (Lipinski definition) is 2. The van der Waals surface area contributed by atoms with Crippen LogP contribution in [0, 0.1) is 0 Å². The number of ether oxygens (including phenoxy) is 1. The van der Waals surface area contributed by atoms with Crippen LogP contribution in [0.5, 0.6) is 0 Å². The average Bonchev–Trinajstić information content (AvgIpc) is 2.25. The molecule has 0 aliphatic carbocycles. The molecule has 1 atom stereocenters. The second-order valence-corrected chi connectivity index (χ2v) is 3.46. The summed E-state index contributed by atoms with van der Waals surface area (Å²) in [5.41, 5.74) is 5.07. The fourth-order valence-electron chi connectivity index (χ4n) is 1.57. The fraction of sp³-hybridized carbons (Fsp3) is 0.778. The van der Waals surface area contributed by atoms with Crippen LogP contribution in [0.15, 0.2) is 0 Å². The van der Waals surface area contributed by atoms with E-state index in [2.05, 4.69) is 5.32 Å². The first-order chi connectivity index (χ1) is 7.15. The second kappa shape index (κ2) is 5.67. The molecule has 1 heterocycles. The van der Waals surface area contributed by atoms with Gasteiger partial charge in [-0.2, -0.15) is 0 Å². The van der Waals surface area contributed by atoms with E-state index >= 15 is 0 Å². The summed E-state index contributed by atoms with van der Waals surface area (Å²) in [6, 6.07) is -0.303. The maximum atomic E-state index is 11.5. The van der Waals surface area contributed by atoms with E-state index < -0.39 is 0 Å². The van der Waals surface area contributed by atoms with E-state index in [1.807, 2.05) is 4.90 Å². The lowest BCUT2D eigenvalue weighted by atomic mass is 10.2. The Hall–Kier alpha value is -1.14. The molecule has 6 heteroatoms. The van der Waals surface area contributed by atoms with Crippen molar-refractivity contribution < 1.29 is 14.3 Å². The molecule has 0 aromatic rings. The fourth-order valence-corrected chi connectivity index (χ4v) is 1.57. The van der Waals surface area contributed by atoms with Crippen molar-refractivity contribution in [3.05, 3.63) is 0 Å². The summed E-state index contributed by atoms with van der Waals surface area (Å²) in [4.78, 5) is 24.0. The number of nitrogens with one attached hydrogen (secondary N) is 1. The minimum atomic E-state index is -0.350. The molecular weight excluding hydrogens is 198 g/mol. The minimum Gasteiger partial charge on any atom is -0.378 e. The van der Waals surface area contributed by atoms with E-state index in [0.717, 1.165) is 0 Å². The van der Waals surface area contributed by atoms with Crippen LogP contribution in [0.1, 0.15) is 6.42 Å². The average molecular weight is 215 g/mol. The van der Waals surface area contributed by atoms with Crippen LogP contribution in [0.4, 0.5) is 0 Å². The first kappa shape index (κ1) is 11.9. The second-order valence-electron chi connectivity index (χ2n) is 3.46. The number of nitrogens with zero attached hydrogens (tertiary/aromatic N) is 1. The van der Waals surface area contributed by atoms with Crippen LogP contribution < -0.4 is 11.1 Å². The van der Waals surface area contributed by atoms with Gasteiger partial charge in [-0.1, -0.05) is 0 Å². The lowest BCUT2D eigenvalue weighted by Gasteiger charge is -2.33. The van der Waals surface area contributed by atoms with Crippen LogP contribution >= 0.6 is 0 Å². The first-order valence-electron chi connectivity index (χ1n) is 4.97. The van der Waals surface area contributed by atoms with Crippen LogP contribution in [0.2, 0.25) is 0 Å². The number of rotatable bonds is 4. The van der Waals surface area contributed by atoms with Gasteiger partial charge in [-0.05, 0) is 0 Å². The van der Waals surface area contributed by atoms with Crippen LogP contribution in [0.3, 0.4) is 0 Å². The summed E-state index contributed by atoms with van der Waals surface area (Å²) >= 11 is 0. The molecule has 1 fully saturated rings. The molecule has 0 spiro atoms. The molecule has 1 rings (SSSR count). The van der Waals surface area contributed by atoms with Crippen molar-refractivity contribution in [2.24, 2.45) is 5.73 Å². The maximum Gasteiger partial charge on any atom is 0.239 e. The lowest BCUT2D eigenvalue weighted by molar-refractivity contribution is -0.133. The van der Waals surface area contributed by atoms with E-state index in [-0.39, 0.29) is 24.3 Å². The zero-order chi connectivity index (χ0) is 11.3. The van der Waals surface area contributed by atoms with Gasteiger partial charge in [0.25, 0.3) is 0 Å². The Bertz CT molecular complexity index is 245. The van der Waals surface area contributed by atoms with Gasteiger partial charge >= 0.3 is 0 Å². The van der Waals surface area contributed by atoms with Gasteiger partial charge in [-0.25, -0.2) is 0 Å². The quantitative estimate of drug-likeness (QED) is 0.586. The molecule has 1 unspecified atom stereocenters. The van der Waals surface area contributed by atoms with Crippen molar-refractivity contribution in [2.45, 2.75) is 12.5 Å². The zero-order valence-corrected chi connectivity index (χ0v) is 8.86. The molecule has 0 radical (unpaired) electrons. The Labute approximate surface area is 88.7 Å². The van der Waals surface area contributed by atoms with Crippen molar-refractivity contribution in [1.82, 2.24) is 10.2 Å². The normalized spacial score (nSPS) is 22.3. The molecule has 1 aliphatic heterocycles. The molecule has 2 amide bonds. The predicted octanol–water partition coefficient (Wildman–Crippen LogP) is -1.69. The number of carbonyl (C=O) groups excluding carboxylic acids is 2. The van der Waals surface area contributed by atoms with Crippen molar-refractivity contribution in [1.29, 1.82) is 0 Å². The van der Waals surface area contributed by atoms with Crippen LogP contribution in [-0.4, -0.2) is 56.1 Å². The third kappa shape index (κ3) is 3.49. The minimum absolute atomic E-state index is 0.0841.